The monoisotopic (exact) mass is 475 g/mol. The standard InChI is InChI=1S/C22H22FN3O4S2/c1-15-2-3-17(12-19(15)23)21(27)13-24-22-25-20(14-31-22)16-4-6-18(7-5-16)32(28,29)26-8-10-30-11-9-26/h2-7,12,14H,8-11,13H2,1H3,(H,24,25). The van der Waals surface area contributed by atoms with Crippen LogP contribution in [0.15, 0.2) is 52.7 Å². The lowest BCUT2D eigenvalue weighted by Crippen LogP contribution is -2.40. The zero-order valence-electron chi connectivity index (χ0n) is 17.4. The molecule has 1 aliphatic heterocycles. The van der Waals surface area contributed by atoms with Crippen molar-refractivity contribution in [2.45, 2.75) is 11.8 Å². The first-order chi connectivity index (χ1) is 15.3. The highest BCUT2D eigenvalue weighted by Crippen LogP contribution is 2.27. The Morgan fingerprint density at radius 1 is 1.19 bits per heavy atom. The highest BCUT2D eigenvalue weighted by molar-refractivity contribution is 7.89. The summed E-state index contributed by atoms with van der Waals surface area (Å²) in [5, 5.41) is 5.34. The highest BCUT2D eigenvalue weighted by atomic mass is 32.2. The van der Waals surface area contributed by atoms with Crippen LogP contribution in [0.25, 0.3) is 11.3 Å². The normalized spacial score (nSPS) is 14.9. The van der Waals surface area contributed by atoms with Gasteiger partial charge in [-0.15, -0.1) is 11.3 Å². The number of benzene rings is 2. The van der Waals surface area contributed by atoms with E-state index in [0.29, 0.717) is 48.3 Å². The van der Waals surface area contributed by atoms with E-state index in [0.717, 1.165) is 5.56 Å². The molecule has 0 saturated carbocycles. The van der Waals surface area contributed by atoms with Gasteiger partial charge in [-0.05, 0) is 30.7 Å². The van der Waals surface area contributed by atoms with Gasteiger partial charge in [-0.1, -0.05) is 24.3 Å². The third-order valence-electron chi connectivity index (χ3n) is 5.16. The number of carbonyl (C=O) groups is 1. The molecule has 1 fully saturated rings. The van der Waals surface area contributed by atoms with Crippen molar-refractivity contribution in [3.63, 3.8) is 0 Å². The van der Waals surface area contributed by atoms with Gasteiger partial charge in [0.1, 0.15) is 5.82 Å². The first kappa shape index (κ1) is 22.5. The molecule has 0 unspecified atom stereocenters. The number of hydrogen-bond acceptors (Lipinski definition) is 7. The molecule has 0 bridgehead atoms. The van der Waals surface area contributed by atoms with E-state index >= 15 is 0 Å². The number of anilines is 1. The Hall–Kier alpha value is -2.66. The molecular weight excluding hydrogens is 453 g/mol. The van der Waals surface area contributed by atoms with Crippen LogP contribution in [0.4, 0.5) is 9.52 Å². The van der Waals surface area contributed by atoms with Crippen LogP contribution in [0.2, 0.25) is 0 Å². The fourth-order valence-corrected chi connectivity index (χ4v) is 5.37. The summed E-state index contributed by atoms with van der Waals surface area (Å²) in [6.07, 6.45) is 0. The number of rotatable bonds is 7. The third kappa shape index (κ3) is 4.88. The molecule has 32 heavy (non-hydrogen) atoms. The molecule has 4 rings (SSSR count). The number of carbonyl (C=O) groups excluding carboxylic acids is 1. The molecule has 10 heteroatoms. The minimum atomic E-state index is -3.55. The number of ether oxygens (including phenoxy) is 1. The summed E-state index contributed by atoms with van der Waals surface area (Å²) < 4.78 is 45.8. The Morgan fingerprint density at radius 3 is 2.59 bits per heavy atom. The first-order valence-electron chi connectivity index (χ1n) is 10.0. The Kier molecular flexibility index (Phi) is 6.66. The zero-order chi connectivity index (χ0) is 22.7. The minimum absolute atomic E-state index is 0.00775. The number of Topliss-reactive ketones (excluding diaryl/α,β-unsaturated/α-hetero) is 1. The lowest BCUT2D eigenvalue weighted by molar-refractivity contribution is 0.0730. The molecule has 7 nitrogen and oxygen atoms in total. The smallest absolute Gasteiger partial charge is 0.243 e. The number of sulfonamides is 1. The summed E-state index contributed by atoms with van der Waals surface area (Å²) in [5.74, 6) is -0.648. The molecule has 2 aromatic carbocycles. The molecule has 0 amide bonds. The van der Waals surface area contributed by atoms with Crippen LogP contribution in [0.1, 0.15) is 15.9 Å². The number of hydrogen-bond donors (Lipinski definition) is 1. The number of ketones is 1. The van der Waals surface area contributed by atoms with E-state index in [1.165, 1.54) is 21.7 Å². The van der Waals surface area contributed by atoms with Crippen molar-refractivity contribution in [2.24, 2.45) is 0 Å². The van der Waals surface area contributed by atoms with Gasteiger partial charge in [0.15, 0.2) is 10.9 Å². The predicted molar refractivity (Wildman–Crippen MR) is 121 cm³/mol. The van der Waals surface area contributed by atoms with E-state index in [-0.39, 0.29) is 17.2 Å². The second kappa shape index (κ2) is 9.45. The molecule has 2 heterocycles. The molecule has 3 aromatic rings. The van der Waals surface area contributed by atoms with Gasteiger partial charge >= 0.3 is 0 Å². The fraction of sp³-hybridized carbons (Fsp3) is 0.273. The lowest BCUT2D eigenvalue weighted by Gasteiger charge is -2.26. The van der Waals surface area contributed by atoms with Crippen LogP contribution in [0.5, 0.6) is 0 Å². The molecule has 0 spiro atoms. The maximum Gasteiger partial charge on any atom is 0.243 e. The fourth-order valence-electron chi connectivity index (χ4n) is 3.25. The van der Waals surface area contributed by atoms with Gasteiger partial charge in [0.25, 0.3) is 0 Å². The van der Waals surface area contributed by atoms with Crippen LogP contribution in [-0.4, -0.2) is 56.3 Å². The van der Waals surface area contributed by atoms with E-state index in [4.69, 9.17) is 4.74 Å². The molecule has 1 aliphatic rings. The predicted octanol–water partition coefficient (Wildman–Crippen LogP) is 3.57. The quantitative estimate of drug-likeness (QED) is 0.526. The largest absolute Gasteiger partial charge is 0.379 e. The molecule has 0 radical (unpaired) electrons. The van der Waals surface area contributed by atoms with E-state index in [1.807, 2.05) is 5.38 Å². The van der Waals surface area contributed by atoms with Gasteiger partial charge in [-0.25, -0.2) is 17.8 Å². The zero-order valence-corrected chi connectivity index (χ0v) is 19.0. The molecule has 1 aromatic heterocycles. The van der Waals surface area contributed by atoms with Crippen molar-refractivity contribution < 1.29 is 22.3 Å². The summed E-state index contributed by atoms with van der Waals surface area (Å²) >= 11 is 1.33. The lowest BCUT2D eigenvalue weighted by atomic mass is 10.1. The highest BCUT2D eigenvalue weighted by Gasteiger charge is 2.26. The maximum atomic E-state index is 13.7. The van der Waals surface area contributed by atoms with Crippen LogP contribution >= 0.6 is 11.3 Å². The number of morpholine rings is 1. The van der Waals surface area contributed by atoms with Crippen LogP contribution in [-0.2, 0) is 14.8 Å². The molecular formula is C22H22FN3O4S2. The number of aromatic nitrogens is 1. The summed E-state index contributed by atoms with van der Waals surface area (Å²) in [5.41, 5.74) is 2.22. The van der Waals surface area contributed by atoms with Gasteiger partial charge in [0.05, 0.1) is 30.3 Å². The van der Waals surface area contributed by atoms with E-state index in [1.54, 1.807) is 43.3 Å². The minimum Gasteiger partial charge on any atom is -0.379 e. The molecule has 168 valence electrons. The average Bonchev–Trinajstić information content (AvgIpc) is 3.29. The SMILES string of the molecule is Cc1ccc(C(=O)CNc2nc(-c3ccc(S(=O)(=O)N4CCOCC4)cc3)cs2)cc1F. The van der Waals surface area contributed by atoms with Crippen molar-refractivity contribution in [3.8, 4) is 11.3 Å². The van der Waals surface area contributed by atoms with Gasteiger partial charge in [0.2, 0.25) is 10.0 Å². The van der Waals surface area contributed by atoms with Crippen molar-refractivity contribution in [1.82, 2.24) is 9.29 Å². The number of halogens is 1. The van der Waals surface area contributed by atoms with Crippen molar-refractivity contribution in [2.75, 3.05) is 38.2 Å². The van der Waals surface area contributed by atoms with Gasteiger partial charge < -0.3 is 10.1 Å². The summed E-state index contributed by atoms with van der Waals surface area (Å²) in [7, 11) is -3.55. The Bertz CT molecular complexity index is 1220. The van der Waals surface area contributed by atoms with E-state index in [2.05, 4.69) is 10.3 Å². The van der Waals surface area contributed by atoms with Crippen molar-refractivity contribution in [1.29, 1.82) is 0 Å². The number of aryl methyl sites for hydroxylation is 1. The molecule has 1 N–H and O–H groups in total. The Morgan fingerprint density at radius 2 is 1.91 bits per heavy atom. The number of nitrogens with zero attached hydrogens (tertiary/aromatic N) is 2. The van der Waals surface area contributed by atoms with Crippen molar-refractivity contribution in [3.05, 3.63) is 64.8 Å². The summed E-state index contributed by atoms with van der Waals surface area (Å²) in [6.45, 7) is 3.12. The topological polar surface area (TPSA) is 88.6 Å². The molecule has 0 aliphatic carbocycles. The van der Waals surface area contributed by atoms with Crippen LogP contribution in [0, 0.1) is 12.7 Å². The second-order valence-electron chi connectivity index (χ2n) is 7.32. The van der Waals surface area contributed by atoms with Crippen molar-refractivity contribution >= 4 is 32.3 Å². The number of thiazole rings is 1. The summed E-state index contributed by atoms with van der Waals surface area (Å²) in [6, 6.07) is 11.0. The van der Waals surface area contributed by atoms with E-state index < -0.39 is 15.8 Å². The average molecular weight is 476 g/mol. The van der Waals surface area contributed by atoms with Crippen LogP contribution < -0.4 is 5.32 Å². The van der Waals surface area contributed by atoms with Gasteiger partial charge in [-0.2, -0.15) is 4.31 Å². The maximum absolute atomic E-state index is 13.7. The van der Waals surface area contributed by atoms with Crippen LogP contribution in [0.3, 0.4) is 0 Å². The Balaban J connectivity index is 1.41. The Labute approximate surface area is 189 Å². The molecule has 1 saturated heterocycles. The second-order valence-corrected chi connectivity index (χ2v) is 10.1. The third-order valence-corrected chi connectivity index (χ3v) is 7.87. The number of nitrogens with one attached hydrogen (secondary N) is 1. The molecule has 0 atom stereocenters. The summed E-state index contributed by atoms with van der Waals surface area (Å²) in [4.78, 5) is 17.0. The van der Waals surface area contributed by atoms with E-state index in [9.17, 15) is 17.6 Å². The van der Waals surface area contributed by atoms with Gasteiger partial charge in [0, 0.05) is 29.6 Å². The van der Waals surface area contributed by atoms with Gasteiger partial charge in [-0.3, -0.25) is 4.79 Å². The first-order valence-corrected chi connectivity index (χ1v) is 12.3.